The summed E-state index contributed by atoms with van der Waals surface area (Å²) in [4.78, 5) is 34.9. The van der Waals surface area contributed by atoms with Gasteiger partial charge in [-0.3, -0.25) is 18.6 Å². The highest BCUT2D eigenvalue weighted by Crippen LogP contribution is 2.43. The summed E-state index contributed by atoms with van der Waals surface area (Å²) in [5.41, 5.74) is 5.35. The van der Waals surface area contributed by atoms with Crippen molar-refractivity contribution < 1.29 is 37.6 Å². The van der Waals surface area contributed by atoms with Crippen molar-refractivity contribution >= 4 is 19.8 Å². The van der Waals surface area contributed by atoms with Crippen LogP contribution in [0.5, 0.6) is 0 Å². The molecule has 0 aromatic rings. The van der Waals surface area contributed by atoms with Crippen LogP contribution in [0.4, 0.5) is 0 Å². The van der Waals surface area contributed by atoms with Crippen molar-refractivity contribution in [1.29, 1.82) is 0 Å². The highest BCUT2D eigenvalue weighted by atomic mass is 31.2. The van der Waals surface area contributed by atoms with Gasteiger partial charge >= 0.3 is 19.8 Å². The number of unbranched alkanes of at least 4 members (excludes halogenated alkanes) is 16. The maximum Gasteiger partial charge on any atom is 0.472 e. The van der Waals surface area contributed by atoms with Crippen molar-refractivity contribution in [2.24, 2.45) is 5.73 Å². The third-order valence-electron chi connectivity index (χ3n) is 9.12. The molecule has 328 valence electrons. The summed E-state index contributed by atoms with van der Waals surface area (Å²) < 4.78 is 32.7. The third-order valence-corrected chi connectivity index (χ3v) is 10.1. The number of phosphoric acid groups is 1. The van der Waals surface area contributed by atoms with E-state index in [4.69, 9.17) is 24.3 Å². The lowest BCUT2D eigenvalue weighted by Crippen LogP contribution is -2.29. The zero-order valence-corrected chi connectivity index (χ0v) is 36.9. The second-order valence-electron chi connectivity index (χ2n) is 14.5. The monoisotopic (exact) mass is 820 g/mol. The Labute approximate surface area is 348 Å². The van der Waals surface area contributed by atoms with Crippen molar-refractivity contribution in [1.82, 2.24) is 0 Å². The molecule has 0 fully saturated rings. The van der Waals surface area contributed by atoms with Crippen LogP contribution in [-0.2, 0) is 32.7 Å². The fraction of sp³-hybridized carbons (Fsp3) is 0.702. The Morgan fingerprint density at radius 2 is 0.965 bits per heavy atom. The number of nitrogens with two attached hydrogens (primary N) is 1. The van der Waals surface area contributed by atoms with Gasteiger partial charge in [0.05, 0.1) is 13.2 Å². The van der Waals surface area contributed by atoms with Crippen molar-refractivity contribution in [3.8, 4) is 0 Å². The highest BCUT2D eigenvalue weighted by Gasteiger charge is 2.25. The molecule has 57 heavy (non-hydrogen) atoms. The highest BCUT2D eigenvalue weighted by molar-refractivity contribution is 7.47. The first-order valence-electron chi connectivity index (χ1n) is 22.4. The van der Waals surface area contributed by atoms with Gasteiger partial charge in [-0.25, -0.2) is 4.57 Å². The summed E-state index contributed by atoms with van der Waals surface area (Å²) in [5.74, 6) is -0.926. The molecular formula is C47H82NO8P. The standard InChI is InChI=1S/C47H82NO8P/c1-3-5-7-9-11-13-15-17-19-21-22-24-25-27-29-31-33-35-37-39-46(49)53-43-45(44-55-57(51,52)54-42-41-48)56-47(50)40-38-36-34-32-30-28-26-23-20-18-16-14-12-10-8-6-4-2/h5,7,11,13,17,19,22,24,27,29,33,35,45H,3-4,6,8-10,12,14-16,18,20-21,23,25-26,28,30-32,34,36-44,48H2,1-2H3,(H,51,52)/b7-5+,13-11+,19-17+,24-22+,29-27+,35-33+/t45-/m1/s1. The van der Waals surface area contributed by atoms with Gasteiger partial charge in [0.15, 0.2) is 6.10 Å². The summed E-state index contributed by atoms with van der Waals surface area (Å²) >= 11 is 0. The van der Waals surface area contributed by atoms with Gasteiger partial charge in [0.25, 0.3) is 0 Å². The first kappa shape index (κ1) is 54.5. The third kappa shape index (κ3) is 42.9. The number of esters is 2. The molecule has 2 atom stereocenters. The minimum atomic E-state index is -4.40. The normalized spacial score (nSPS) is 14.0. The summed E-state index contributed by atoms with van der Waals surface area (Å²) in [6.07, 6.45) is 52.3. The van der Waals surface area contributed by atoms with Crippen LogP contribution in [0.2, 0.25) is 0 Å². The van der Waals surface area contributed by atoms with E-state index in [1.165, 1.54) is 83.5 Å². The smallest absolute Gasteiger partial charge is 0.462 e. The van der Waals surface area contributed by atoms with Gasteiger partial charge in [0.1, 0.15) is 6.61 Å². The molecule has 0 saturated heterocycles. The molecule has 0 amide bonds. The van der Waals surface area contributed by atoms with E-state index < -0.39 is 32.5 Å². The van der Waals surface area contributed by atoms with Crippen LogP contribution in [-0.4, -0.2) is 49.3 Å². The topological polar surface area (TPSA) is 134 Å². The molecule has 10 heteroatoms. The lowest BCUT2D eigenvalue weighted by atomic mass is 10.0. The number of hydrogen-bond donors (Lipinski definition) is 2. The largest absolute Gasteiger partial charge is 0.472 e. The zero-order chi connectivity index (χ0) is 41.8. The van der Waals surface area contributed by atoms with Crippen LogP contribution >= 0.6 is 7.82 Å². The Bertz CT molecular complexity index is 1160. The van der Waals surface area contributed by atoms with E-state index in [9.17, 15) is 19.0 Å². The summed E-state index contributed by atoms with van der Waals surface area (Å²) in [7, 11) is -4.40. The second kappa shape index (κ2) is 43.0. The lowest BCUT2D eigenvalue weighted by Gasteiger charge is -2.19. The molecule has 0 radical (unpaired) electrons. The summed E-state index contributed by atoms with van der Waals surface area (Å²) in [6, 6.07) is 0. The van der Waals surface area contributed by atoms with E-state index in [-0.39, 0.29) is 32.6 Å². The number of carbonyl (C=O) groups is 2. The molecule has 1 unspecified atom stereocenters. The quantitative estimate of drug-likeness (QED) is 0.0267. The van der Waals surface area contributed by atoms with E-state index in [1.807, 2.05) is 12.2 Å². The number of phosphoric ester groups is 1. The number of ether oxygens (including phenoxy) is 2. The minimum absolute atomic E-state index is 0.0417. The molecular weight excluding hydrogens is 737 g/mol. The Balaban J connectivity index is 4.25. The van der Waals surface area contributed by atoms with Crippen molar-refractivity contribution in [2.75, 3.05) is 26.4 Å². The maximum atomic E-state index is 12.6. The van der Waals surface area contributed by atoms with Gasteiger partial charge in [-0.2, -0.15) is 0 Å². The fourth-order valence-electron chi connectivity index (χ4n) is 5.84. The molecule has 9 nitrogen and oxygen atoms in total. The van der Waals surface area contributed by atoms with E-state index >= 15 is 0 Å². The maximum absolute atomic E-state index is 12.6. The van der Waals surface area contributed by atoms with Crippen LogP contribution in [0.25, 0.3) is 0 Å². The van der Waals surface area contributed by atoms with Crippen molar-refractivity contribution in [3.05, 3.63) is 72.9 Å². The van der Waals surface area contributed by atoms with E-state index in [0.29, 0.717) is 12.8 Å². The first-order valence-corrected chi connectivity index (χ1v) is 23.9. The molecule has 0 heterocycles. The fourth-order valence-corrected chi connectivity index (χ4v) is 6.60. The molecule has 0 spiro atoms. The van der Waals surface area contributed by atoms with Crippen LogP contribution in [0.1, 0.15) is 181 Å². The Morgan fingerprint density at radius 3 is 1.40 bits per heavy atom. The Hall–Kier alpha value is -2.55. The average molecular weight is 820 g/mol. The van der Waals surface area contributed by atoms with Crippen molar-refractivity contribution in [3.63, 3.8) is 0 Å². The number of carbonyl (C=O) groups excluding carboxylic acids is 2. The van der Waals surface area contributed by atoms with Crippen LogP contribution < -0.4 is 5.73 Å². The molecule has 0 bridgehead atoms. The van der Waals surface area contributed by atoms with E-state index in [2.05, 4.69) is 74.6 Å². The van der Waals surface area contributed by atoms with Gasteiger partial charge in [-0.15, -0.1) is 0 Å². The lowest BCUT2D eigenvalue weighted by molar-refractivity contribution is -0.161. The second-order valence-corrected chi connectivity index (χ2v) is 16.0. The Kier molecular flexibility index (Phi) is 41.1. The molecule has 0 aromatic carbocycles. The zero-order valence-electron chi connectivity index (χ0n) is 36.0. The number of rotatable bonds is 41. The van der Waals surface area contributed by atoms with Crippen LogP contribution in [0.3, 0.4) is 0 Å². The first-order chi connectivity index (χ1) is 27.8. The molecule has 0 aliphatic rings. The average Bonchev–Trinajstić information content (AvgIpc) is 3.20. The molecule has 0 rings (SSSR count). The van der Waals surface area contributed by atoms with Gasteiger partial charge in [-0.1, -0.05) is 189 Å². The molecule has 3 N–H and O–H groups in total. The SMILES string of the molecule is CC/C=C/C/C=C/C/C=C/C/C=C/C/C=C/C/C=C/CCC(=O)OC[C@H](COP(=O)(O)OCCN)OC(=O)CCCCCCCCCCCCCCCCCCC. The van der Waals surface area contributed by atoms with Gasteiger partial charge < -0.3 is 20.1 Å². The predicted molar refractivity (Wildman–Crippen MR) is 238 cm³/mol. The van der Waals surface area contributed by atoms with Gasteiger partial charge in [-0.05, 0) is 51.4 Å². The molecule has 0 aliphatic heterocycles. The van der Waals surface area contributed by atoms with Crippen molar-refractivity contribution in [2.45, 2.75) is 187 Å². The number of hydrogen-bond acceptors (Lipinski definition) is 8. The summed E-state index contributed by atoms with van der Waals surface area (Å²) in [6.45, 7) is 3.54. The van der Waals surface area contributed by atoms with Crippen LogP contribution in [0, 0.1) is 0 Å². The minimum Gasteiger partial charge on any atom is -0.462 e. The summed E-state index contributed by atoms with van der Waals surface area (Å²) in [5, 5.41) is 0. The molecule has 0 aliphatic carbocycles. The number of allylic oxidation sites excluding steroid dienone is 12. The molecule has 0 aromatic heterocycles. The van der Waals surface area contributed by atoms with Gasteiger partial charge in [0.2, 0.25) is 0 Å². The van der Waals surface area contributed by atoms with E-state index in [1.54, 1.807) is 0 Å². The van der Waals surface area contributed by atoms with Crippen LogP contribution in [0.15, 0.2) is 72.9 Å². The van der Waals surface area contributed by atoms with E-state index in [0.717, 1.165) is 57.8 Å². The predicted octanol–water partition coefficient (Wildman–Crippen LogP) is 13.1. The molecule has 0 saturated carbocycles. The Morgan fingerprint density at radius 1 is 0.544 bits per heavy atom. The van der Waals surface area contributed by atoms with Gasteiger partial charge in [0, 0.05) is 19.4 Å².